The third-order valence-corrected chi connectivity index (χ3v) is 4.09. The number of nitrogens with two attached hydrogens (primary N) is 1. The molecule has 0 radical (unpaired) electrons. The summed E-state index contributed by atoms with van der Waals surface area (Å²) in [4.78, 5) is 16.8. The SMILES string of the molecule is CCCN(CCN(C)C)C(=O)C1CCCC(CN)C1. The Morgan fingerprint density at radius 1 is 1.21 bits per heavy atom. The van der Waals surface area contributed by atoms with Crippen LogP contribution >= 0.6 is 0 Å². The number of hydrogen-bond donors (Lipinski definition) is 1. The molecule has 4 heteroatoms. The van der Waals surface area contributed by atoms with E-state index in [4.69, 9.17) is 5.73 Å². The molecule has 0 heterocycles. The summed E-state index contributed by atoms with van der Waals surface area (Å²) in [5.74, 6) is 1.14. The van der Waals surface area contributed by atoms with Gasteiger partial charge in [0.15, 0.2) is 0 Å². The smallest absolute Gasteiger partial charge is 0.225 e. The van der Waals surface area contributed by atoms with E-state index in [0.717, 1.165) is 51.9 Å². The number of carbonyl (C=O) groups excluding carboxylic acids is 1. The first kappa shape index (κ1) is 16.4. The lowest BCUT2D eigenvalue weighted by Crippen LogP contribution is -2.42. The van der Waals surface area contributed by atoms with E-state index in [1.807, 2.05) is 0 Å². The summed E-state index contributed by atoms with van der Waals surface area (Å²) in [6.45, 7) is 5.55. The molecule has 0 aromatic heterocycles. The van der Waals surface area contributed by atoms with E-state index in [-0.39, 0.29) is 5.92 Å². The second-order valence-electron chi connectivity index (χ2n) is 6.09. The standard InChI is InChI=1S/C15H31N3O/c1-4-8-18(10-9-17(2)3)15(19)14-7-5-6-13(11-14)12-16/h13-14H,4-12,16H2,1-3H3. The van der Waals surface area contributed by atoms with Gasteiger partial charge in [-0.05, 0) is 52.2 Å². The van der Waals surface area contributed by atoms with Crippen LogP contribution in [-0.4, -0.2) is 56.0 Å². The number of rotatable bonds is 7. The first-order valence-electron chi connectivity index (χ1n) is 7.72. The van der Waals surface area contributed by atoms with Crippen LogP contribution in [0.1, 0.15) is 39.0 Å². The van der Waals surface area contributed by atoms with E-state index < -0.39 is 0 Å². The van der Waals surface area contributed by atoms with Gasteiger partial charge in [-0.25, -0.2) is 0 Å². The highest BCUT2D eigenvalue weighted by molar-refractivity contribution is 5.79. The molecule has 4 nitrogen and oxygen atoms in total. The van der Waals surface area contributed by atoms with Gasteiger partial charge in [0, 0.05) is 25.6 Å². The second-order valence-corrected chi connectivity index (χ2v) is 6.09. The van der Waals surface area contributed by atoms with Crippen LogP contribution < -0.4 is 5.73 Å². The predicted molar refractivity (Wildman–Crippen MR) is 79.9 cm³/mol. The monoisotopic (exact) mass is 269 g/mol. The molecule has 1 aliphatic rings. The lowest BCUT2D eigenvalue weighted by atomic mass is 9.80. The number of nitrogens with zero attached hydrogens (tertiary/aromatic N) is 2. The number of hydrogen-bond acceptors (Lipinski definition) is 3. The average molecular weight is 269 g/mol. The molecule has 0 spiro atoms. The maximum Gasteiger partial charge on any atom is 0.225 e. The molecular weight excluding hydrogens is 238 g/mol. The molecule has 112 valence electrons. The summed E-state index contributed by atoms with van der Waals surface area (Å²) in [7, 11) is 4.11. The molecule has 0 saturated heterocycles. The largest absolute Gasteiger partial charge is 0.341 e. The average Bonchev–Trinajstić information content (AvgIpc) is 2.42. The summed E-state index contributed by atoms with van der Waals surface area (Å²) in [5.41, 5.74) is 5.77. The van der Waals surface area contributed by atoms with Crippen molar-refractivity contribution in [2.45, 2.75) is 39.0 Å². The fourth-order valence-corrected chi connectivity index (χ4v) is 2.91. The molecule has 2 N–H and O–H groups in total. The molecule has 19 heavy (non-hydrogen) atoms. The van der Waals surface area contributed by atoms with Crippen LogP contribution in [0.15, 0.2) is 0 Å². The second kappa shape index (κ2) is 8.54. The first-order chi connectivity index (χ1) is 9.08. The Hall–Kier alpha value is -0.610. The Bertz CT molecular complexity index is 268. The van der Waals surface area contributed by atoms with Gasteiger partial charge in [-0.15, -0.1) is 0 Å². The van der Waals surface area contributed by atoms with Gasteiger partial charge in [-0.1, -0.05) is 13.3 Å². The van der Waals surface area contributed by atoms with Crippen molar-refractivity contribution in [2.75, 3.05) is 40.3 Å². The highest BCUT2D eigenvalue weighted by Gasteiger charge is 2.29. The Balaban J connectivity index is 2.54. The van der Waals surface area contributed by atoms with Crippen LogP contribution in [0.2, 0.25) is 0 Å². The number of amides is 1. The van der Waals surface area contributed by atoms with Crippen molar-refractivity contribution in [3.8, 4) is 0 Å². The van der Waals surface area contributed by atoms with Gasteiger partial charge < -0.3 is 15.5 Å². The highest BCUT2D eigenvalue weighted by atomic mass is 16.2. The first-order valence-corrected chi connectivity index (χ1v) is 7.72. The third-order valence-electron chi connectivity index (χ3n) is 4.09. The van der Waals surface area contributed by atoms with E-state index in [1.165, 1.54) is 6.42 Å². The zero-order valence-electron chi connectivity index (χ0n) is 12.9. The van der Waals surface area contributed by atoms with Gasteiger partial charge in [-0.2, -0.15) is 0 Å². The quantitative estimate of drug-likeness (QED) is 0.763. The maximum absolute atomic E-state index is 12.6. The zero-order valence-corrected chi connectivity index (χ0v) is 12.9. The van der Waals surface area contributed by atoms with Crippen molar-refractivity contribution in [1.29, 1.82) is 0 Å². The molecule has 1 fully saturated rings. The molecule has 2 atom stereocenters. The fourth-order valence-electron chi connectivity index (χ4n) is 2.91. The molecule has 0 aromatic rings. The van der Waals surface area contributed by atoms with Gasteiger partial charge in [0.2, 0.25) is 5.91 Å². The van der Waals surface area contributed by atoms with Crippen molar-refractivity contribution >= 4 is 5.91 Å². The molecule has 1 saturated carbocycles. The van der Waals surface area contributed by atoms with Crippen LogP contribution in [0.3, 0.4) is 0 Å². The molecule has 0 aromatic carbocycles. The lowest BCUT2D eigenvalue weighted by molar-refractivity contribution is -0.137. The minimum Gasteiger partial charge on any atom is -0.341 e. The zero-order chi connectivity index (χ0) is 14.3. The minimum atomic E-state index is 0.219. The Morgan fingerprint density at radius 3 is 2.53 bits per heavy atom. The molecule has 1 rings (SSSR count). The summed E-state index contributed by atoms with van der Waals surface area (Å²) < 4.78 is 0. The summed E-state index contributed by atoms with van der Waals surface area (Å²) in [6.07, 6.45) is 5.44. The summed E-state index contributed by atoms with van der Waals surface area (Å²) in [6, 6.07) is 0. The van der Waals surface area contributed by atoms with Crippen molar-refractivity contribution in [1.82, 2.24) is 9.80 Å². The van der Waals surface area contributed by atoms with E-state index in [9.17, 15) is 4.79 Å². The molecule has 1 aliphatic carbocycles. The van der Waals surface area contributed by atoms with Crippen LogP contribution in [0.5, 0.6) is 0 Å². The Kier molecular flexibility index (Phi) is 7.39. The van der Waals surface area contributed by atoms with Gasteiger partial charge in [0.05, 0.1) is 0 Å². The van der Waals surface area contributed by atoms with E-state index in [2.05, 4.69) is 30.8 Å². The Morgan fingerprint density at radius 2 is 1.95 bits per heavy atom. The molecule has 2 unspecified atom stereocenters. The van der Waals surface area contributed by atoms with E-state index >= 15 is 0 Å². The highest BCUT2D eigenvalue weighted by Crippen LogP contribution is 2.29. The minimum absolute atomic E-state index is 0.219. The summed E-state index contributed by atoms with van der Waals surface area (Å²) >= 11 is 0. The van der Waals surface area contributed by atoms with Gasteiger partial charge in [-0.3, -0.25) is 4.79 Å². The van der Waals surface area contributed by atoms with E-state index in [0.29, 0.717) is 11.8 Å². The topological polar surface area (TPSA) is 49.6 Å². The van der Waals surface area contributed by atoms with Gasteiger partial charge in [0.1, 0.15) is 0 Å². The molecular formula is C15H31N3O. The van der Waals surface area contributed by atoms with Crippen LogP contribution in [0.4, 0.5) is 0 Å². The van der Waals surface area contributed by atoms with Crippen LogP contribution in [0, 0.1) is 11.8 Å². The third kappa shape index (κ3) is 5.49. The van der Waals surface area contributed by atoms with Gasteiger partial charge in [0.25, 0.3) is 0 Å². The molecule has 1 amide bonds. The lowest BCUT2D eigenvalue weighted by Gasteiger charge is -2.32. The predicted octanol–water partition coefficient (Wildman–Crippen LogP) is 1.55. The van der Waals surface area contributed by atoms with E-state index in [1.54, 1.807) is 0 Å². The fraction of sp³-hybridized carbons (Fsp3) is 0.933. The molecule has 0 bridgehead atoms. The van der Waals surface area contributed by atoms with Crippen molar-refractivity contribution < 1.29 is 4.79 Å². The van der Waals surface area contributed by atoms with Crippen molar-refractivity contribution in [3.63, 3.8) is 0 Å². The molecule has 0 aliphatic heterocycles. The van der Waals surface area contributed by atoms with Gasteiger partial charge >= 0.3 is 0 Å². The van der Waals surface area contributed by atoms with Crippen molar-refractivity contribution in [3.05, 3.63) is 0 Å². The Labute approximate surface area is 118 Å². The normalized spacial score (nSPS) is 23.6. The van der Waals surface area contributed by atoms with Crippen LogP contribution in [-0.2, 0) is 4.79 Å². The number of likely N-dealkylation sites (N-methyl/N-ethyl adjacent to an activating group) is 1. The maximum atomic E-state index is 12.6. The van der Waals surface area contributed by atoms with Crippen LogP contribution in [0.25, 0.3) is 0 Å². The summed E-state index contributed by atoms with van der Waals surface area (Å²) in [5, 5.41) is 0. The number of carbonyl (C=O) groups is 1. The van der Waals surface area contributed by atoms with Crippen molar-refractivity contribution in [2.24, 2.45) is 17.6 Å².